The summed E-state index contributed by atoms with van der Waals surface area (Å²) in [7, 11) is -3.58. The summed E-state index contributed by atoms with van der Waals surface area (Å²) in [5, 5.41) is 21.9. The second kappa shape index (κ2) is 10.5. The number of aliphatic carboxylic acids is 1. The maximum atomic E-state index is 12.9. The number of carbonyl (C=O) groups excluding carboxylic acids is 1. The van der Waals surface area contributed by atoms with Crippen molar-refractivity contribution in [1.29, 1.82) is 0 Å². The number of aromatic nitrogens is 1. The van der Waals surface area contributed by atoms with Crippen LogP contribution in [0.15, 0.2) is 47.6 Å². The normalized spacial score (nSPS) is 13.4. The predicted molar refractivity (Wildman–Crippen MR) is 109 cm³/mol. The number of aliphatic hydroxyl groups is 1. The zero-order chi connectivity index (χ0) is 22.3. The first-order valence-corrected chi connectivity index (χ1v) is 11.8. The molecule has 1 aromatic heterocycles. The van der Waals surface area contributed by atoms with Crippen LogP contribution >= 0.6 is 11.8 Å². The third-order valence-corrected chi connectivity index (χ3v) is 6.24. The molecule has 8 nitrogen and oxygen atoms in total. The van der Waals surface area contributed by atoms with Gasteiger partial charge in [0.2, 0.25) is 0 Å². The van der Waals surface area contributed by atoms with Gasteiger partial charge in [-0.1, -0.05) is 12.1 Å². The van der Waals surface area contributed by atoms with Gasteiger partial charge in [0.05, 0.1) is 29.0 Å². The van der Waals surface area contributed by atoms with Gasteiger partial charge in [0.25, 0.3) is 5.91 Å². The van der Waals surface area contributed by atoms with Crippen LogP contribution in [0.4, 0.5) is 4.39 Å². The number of nitrogens with one attached hydrogen (secondary N) is 1. The number of carboxylic acids is 1. The summed E-state index contributed by atoms with van der Waals surface area (Å²) in [6, 6.07) is 5.87. The summed E-state index contributed by atoms with van der Waals surface area (Å²) in [5.74, 6) is -1.74. The third kappa shape index (κ3) is 7.39. The van der Waals surface area contributed by atoms with Crippen LogP contribution in [0, 0.1) is 5.82 Å². The van der Waals surface area contributed by atoms with Crippen molar-refractivity contribution in [2.75, 3.05) is 12.0 Å². The first kappa shape index (κ1) is 23.8. The van der Waals surface area contributed by atoms with Crippen LogP contribution in [0.2, 0.25) is 0 Å². The van der Waals surface area contributed by atoms with Crippen molar-refractivity contribution < 1.29 is 32.6 Å². The van der Waals surface area contributed by atoms with Crippen molar-refractivity contribution in [1.82, 2.24) is 10.3 Å². The van der Waals surface area contributed by atoms with Gasteiger partial charge in [0.15, 0.2) is 9.84 Å². The zero-order valence-corrected chi connectivity index (χ0v) is 17.6. The topological polar surface area (TPSA) is 134 Å². The first-order valence-electron chi connectivity index (χ1n) is 8.74. The van der Waals surface area contributed by atoms with Crippen molar-refractivity contribution in [3.8, 4) is 0 Å². The number of nitrogens with zero attached hydrogens (tertiary/aromatic N) is 1. The molecule has 0 saturated carbocycles. The highest BCUT2D eigenvalue weighted by Crippen LogP contribution is 2.16. The van der Waals surface area contributed by atoms with Crippen LogP contribution < -0.4 is 5.32 Å². The molecule has 1 aromatic carbocycles. The smallest absolute Gasteiger partial charge is 0.305 e. The molecular formula is C19H21FN2O6S2. The van der Waals surface area contributed by atoms with Gasteiger partial charge in [-0.3, -0.25) is 14.6 Å². The number of carbonyl (C=O) groups is 2. The Hall–Kier alpha value is -2.50. The van der Waals surface area contributed by atoms with Gasteiger partial charge in [-0.2, -0.15) is 11.8 Å². The number of rotatable bonds is 10. The van der Waals surface area contributed by atoms with E-state index in [-0.39, 0.29) is 22.0 Å². The minimum absolute atomic E-state index is 0.0699. The largest absolute Gasteiger partial charge is 0.481 e. The van der Waals surface area contributed by atoms with Crippen molar-refractivity contribution >= 4 is 33.5 Å². The predicted octanol–water partition coefficient (Wildman–Crippen LogP) is 1.49. The lowest BCUT2D eigenvalue weighted by Crippen LogP contribution is -2.45. The molecular weight excluding hydrogens is 435 g/mol. The van der Waals surface area contributed by atoms with E-state index < -0.39 is 40.3 Å². The quantitative estimate of drug-likeness (QED) is 0.490. The summed E-state index contributed by atoms with van der Waals surface area (Å²) in [6.07, 6.45) is 1.52. The average molecular weight is 457 g/mol. The van der Waals surface area contributed by atoms with Crippen molar-refractivity contribution in [3.63, 3.8) is 0 Å². The number of hydrogen-bond acceptors (Lipinski definition) is 7. The number of carboxylic acid groups (broad SMARTS) is 1. The molecule has 1 amide bonds. The molecule has 0 bridgehead atoms. The summed E-state index contributed by atoms with van der Waals surface area (Å²) < 4.78 is 36.2. The van der Waals surface area contributed by atoms with Gasteiger partial charge in [-0.25, -0.2) is 12.8 Å². The Morgan fingerprint density at radius 1 is 1.23 bits per heavy atom. The minimum Gasteiger partial charge on any atom is -0.481 e. The van der Waals surface area contributed by atoms with Crippen molar-refractivity contribution in [3.05, 3.63) is 59.7 Å². The molecule has 0 aliphatic carbocycles. The molecule has 1 unspecified atom stereocenters. The molecule has 3 N–H and O–H groups in total. The Balaban J connectivity index is 2.02. The van der Waals surface area contributed by atoms with Crippen LogP contribution in [0.3, 0.4) is 0 Å². The van der Waals surface area contributed by atoms with Crippen LogP contribution in [0.1, 0.15) is 22.3 Å². The van der Waals surface area contributed by atoms with Gasteiger partial charge in [0, 0.05) is 30.2 Å². The maximum Gasteiger partial charge on any atom is 0.305 e. The van der Waals surface area contributed by atoms with E-state index in [2.05, 4.69) is 10.3 Å². The molecule has 0 aliphatic rings. The van der Waals surface area contributed by atoms with Crippen LogP contribution in [-0.4, -0.2) is 59.6 Å². The van der Waals surface area contributed by atoms with Gasteiger partial charge in [-0.15, -0.1) is 0 Å². The lowest BCUT2D eigenvalue weighted by Gasteiger charge is -2.22. The lowest BCUT2D eigenvalue weighted by atomic mass is 10.1. The number of sulfone groups is 1. The average Bonchev–Trinajstić information content (AvgIpc) is 2.68. The molecule has 2 rings (SSSR count). The Morgan fingerprint density at radius 2 is 1.90 bits per heavy atom. The SMILES string of the molecule is CS(=O)(=O)c1cncc(C(=O)N[C@@H](CC(=O)O)C(O)CSCc2ccc(F)cc2)c1. The summed E-state index contributed by atoms with van der Waals surface area (Å²) in [6.45, 7) is 0. The molecule has 0 saturated heterocycles. The number of thioether (sulfide) groups is 1. The fourth-order valence-electron chi connectivity index (χ4n) is 2.46. The number of halogens is 1. The van der Waals surface area contributed by atoms with E-state index >= 15 is 0 Å². The summed E-state index contributed by atoms with van der Waals surface area (Å²) in [5.41, 5.74) is 0.760. The molecule has 2 atom stereocenters. The van der Waals surface area contributed by atoms with Crippen LogP contribution in [-0.2, 0) is 20.4 Å². The molecule has 0 spiro atoms. The van der Waals surface area contributed by atoms with E-state index in [1.165, 1.54) is 23.9 Å². The minimum atomic E-state index is -3.58. The Kier molecular flexibility index (Phi) is 8.33. The van der Waals surface area contributed by atoms with E-state index in [0.717, 1.165) is 30.3 Å². The Bertz CT molecular complexity index is 998. The van der Waals surface area contributed by atoms with Crippen molar-refractivity contribution in [2.24, 2.45) is 0 Å². The highest BCUT2D eigenvalue weighted by molar-refractivity contribution is 7.98. The maximum absolute atomic E-state index is 12.9. The number of benzene rings is 1. The second-order valence-electron chi connectivity index (χ2n) is 6.57. The first-order chi connectivity index (χ1) is 14.1. The number of hydrogen-bond donors (Lipinski definition) is 3. The van der Waals surface area contributed by atoms with Crippen molar-refractivity contribution in [2.45, 2.75) is 29.2 Å². The monoisotopic (exact) mass is 456 g/mol. The number of amides is 1. The Morgan fingerprint density at radius 3 is 2.50 bits per heavy atom. The fraction of sp³-hybridized carbons (Fsp3) is 0.316. The van der Waals surface area contributed by atoms with E-state index in [0.29, 0.717) is 5.75 Å². The molecule has 0 radical (unpaired) electrons. The standard InChI is InChI=1S/C19H21FN2O6S2/c1-30(27,28)15-6-13(8-21-9-15)19(26)22-16(7-18(24)25)17(23)11-29-10-12-2-4-14(20)5-3-12/h2-6,8-9,16-17,23H,7,10-11H2,1H3,(H,22,26)(H,24,25)/t16-,17?/m0/s1. The van der Waals surface area contributed by atoms with Crippen LogP contribution in [0.25, 0.3) is 0 Å². The molecule has 162 valence electrons. The van der Waals surface area contributed by atoms with Gasteiger partial charge in [-0.05, 0) is 23.8 Å². The highest BCUT2D eigenvalue weighted by Gasteiger charge is 2.25. The van der Waals surface area contributed by atoms with E-state index in [1.54, 1.807) is 12.1 Å². The van der Waals surface area contributed by atoms with E-state index in [1.807, 2.05) is 0 Å². The van der Waals surface area contributed by atoms with E-state index in [4.69, 9.17) is 5.11 Å². The van der Waals surface area contributed by atoms with Gasteiger partial charge < -0.3 is 15.5 Å². The molecule has 30 heavy (non-hydrogen) atoms. The third-order valence-electron chi connectivity index (χ3n) is 4.05. The zero-order valence-electron chi connectivity index (χ0n) is 16.0. The summed E-state index contributed by atoms with van der Waals surface area (Å²) >= 11 is 1.30. The van der Waals surface area contributed by atoms with E-state index in [9.17, 15) is 27.5 Å². The highest BCUT2D eigenvalue weighted by atomic mass is 32.2. The van der Waals surface area contributed by atoms with Gasteiger partial charge in [0.1, 0.15) is 5.82 Å². The lowest BCUT2D eigenvalue weighted by molar-refractivity contribution is -0.138. The molecule has 0 aliphatic heterocycles. The molecule has 2 aromatic rings. The molecule has 11 heteroatoms. The second-order valence-corrected chi connectivity index (χ2v) is 9.61. The molecule has 1 heterocycles. The summed E-state index contributed by atoms with van der Waals surface area (Å²) in [4.78, 5) is 27.2. The fourth-order valence-corrected chi connectivity index (χ4v) is 4.08. The van der Waals surface area contributed by atoms with Crippen LogP contribution in [0.5, 0.6) is 0 Å². The Labute approximate surface area is 177 Å². The number of pyridine rings is 1. The molecule has 0 fully saturated rings. The van der Waals surface area contributed by atoms with Gasteiger partial charge >= 0.3 is 5.97 Å². The number of aliphatic hydroxyl groups excluding tert-OH is 1.